The summed E-state index contributed by atoms with van der Waals surface area (Å²) in [7, 11) is 0. The maximum atomic E-state index is 13.2. The summed E-state index contributed by atoms with van der Waals surface area (Å²) in [4.78, 5) is 0. The molecule has 0 heterocycles. The molecular weight excluding hydrogens is 361 g/mol. The van der Waals surface area contributed by atoms with Crippen LogP contribution in [0.5, 0.6) is 5.75 Å². The Morgan fingerprint density at radius 1 is 0.828 bits per heavy atom. The summed E-state index contributed by atoms with van der Waals surface area (Å²) in [5.41, 5.74) is 3.32. The van der Waals surface area contributed by atoms with Crippen LogP contribution in [-0.2, 0) is 13.2 Å². The van der Waals surface area contributed by atoms with E-state index in [4.69, 9.17) is 4.74 Å². The third-order valence-corrected chi connectivity index (χ3v) is 5.19. The topological polar surface area (TPSA) is 21.3 Å². The fourth-order valence-corrected chi connectivity index (χ4v) is 3.49. The van der Waals surface area contributed by atoms with Crippen molar-refractivity contribution in [1.82, 2.24) is 5.32 Å². The number of halogens is 1. The molecule has 0 saturated carbocycles. The van der Waals surface area contributed by atoms with Gasteiger partial charge in [-0.15, -0.1) is 0 Å². The molecule has 0 aliphatic rings. The predicted octanol–water partition coefficient (Wildman–Crippen LogP) is 6.41. The first-order chi connectivity index (χ1) is 14.2. The smallest absolute Gasteiger partial charge is 0.124 e. The van der Waals surface area contributed by atoms with Crippen LogP contribution in [0.1, 0.15) is 29.7 Å². The van der Waals surface area contributed by atoms with Gasteiger partial charge in [0.1, 0.15) is 18.2 Å². The van der Waals surface area contributed by atoms with Crippen LogP contribution in [0.3, 0.4) is 0 Å². The van der Waals surface area contributed by atoms with Gasteiger partial charge in [-0.25, -0.2) is 4.39 Å². The number of benzene rings is 4. The van der Waals surface area contributed by atoms with Crippen LogP contribution in [0.25, 0.3) is 10.8 Å². The predicted molar refractivity (Wildman–Crippen MR) is 116 cm³/mol. The van der Waals surface area contributed by atoms with Gasteiger partial charge in [0.15, 0.2) is 0 Å². The van der Waals surface area contributed by atoms with Crippen LogP contribution < -0.4 is 10.1 Å². The average Bonchev–Trinajstić information content (AvgIpc) is 2.78. The van der Waals surface area contributed by atoms with Crippen LogP contribution >= 0.6 is 0 Å². The van der Waals surface area contributed by atoms with Crippen LogP contribution in [0.4, 0.5) is 4.39 Å². The highest BCUT2D eigenvalue weighted by molar-refractivity contribution is 5.87. The molecule has 0 spiro atoms. The van der Waals surface area contributed by atoms with E-state index in [1.54, 1.807) is 12.1 Å². The molecule has 0 radical (unpaired) electrons. The minimum atomic E-state index is -0.237. The SMILES string of the molecule is CC(NCc1c(OCc2ccc(F)cc2)ccc2ccccc12)c1ccccc1. The fourth-order valence-electron chi connectivity index (χ4n) is 3.49. The van der Waals surface area contributed by atoms with E-state index in [9.17, 15) is 4.39 Å². The number of hydrogen-bond acceptors (Lipinski definition) is 2. The van der Waals surface area contributed by atoms with Gasteiger partial charge in [0.05, 0.1) is 0 Å². The summed E-state index contributed by atoms with van der Waals surface area (Å²) < 4.78 is 19.3. The van der Waals surface area contributed by atoms with Crippen LogP contribution in [0.15, 0.2) is 91.0 Å². The maximum Gasteiger partial charge on any atom is 0.124 e. The Bertz CT molecular complexity index is 1080. The molecule has 0 fully saturated rings. The second-order valence-corrected chi connectivity index (χ2v) is 7.19. The van der Waals surface area contributed by atoms with E-state index in [1.165, 1.54) is 28.5 Å². The van der Waals surface area contributed by atoms with E-state index in [2.05, 4.69) is 60.8 Å². The highest BCUT2D eigenvalue weighted by atomic mass is 19.1. The summed E-state index contributed by atoms with van der Waals surface area (Å²) in [5, 5.41) is 5.99. The van der Waals surface area contributed by atoms with E-state index in [-0.39, 0.29) is 11.9 Å². The van der Waals surface area contributed by atoms with Crippen LogP contribution in [-0.4, -0.2) is 0 Å². The summed E-state index contributed by atoms with van der Waals surface area (Å²) in [6, 6.07) is 29.5. The monoisotopic (exact) mass is 385 g/mol. The standard InChI is InChI=1S/C26H24FNO/c1-19(21-7-3-2-4-8-21)28-17-25-24-10-6-5-9-22(24)13-16-26(25)29-18-20-11-14-23(27)15-12-20/h2-16,19,28H,17-18H2,1H3. The van der Waals surface area contributed by atoms with E-state index >= 15 is 0 Å². The molecule has 1 unspecified atom stereocenters. The first kappa shape index (κ1) is 19.2. The zero-order valence-corrected chi connectivity index (χ0v) is 16.4. The van der Waals surface area contributed by atoms with Gasteiger partial charge in [0, 0.05) is 18.2 Å². The van der Waals surface area contributed by atoms with Gasteiger partial charge in [-0.05, 0) is 47.0 Å². The van der Waals surface area contributed by atoms with Crippen molar-refractivity contribution in [2.45, 2.75) is 26.1 Å². The number of ether oxygens (including phenoxy) is 1. The lowest BCUT2D eigenvalue weighted by molar-refractivity contribution is 0.302. The maximum absolute atomic E-state index is 13.2. The second kappa shape index (κ2) is 8.89. The molecule has 4 aromatic carbocycles. The van der Waals surface area contributed by atoms with E-state index in [1.807, 2.05) is 18.2 Å². The Morgan fingerprint density at radius 2 is 1.55 bits per heavy atom. The lowest BCUT2D eigenvalue weighted by Crippen LogP contribution is -2.18. The molecule has 146 valence electrons. The first-order valence-corrected chi connectivity index (χ1v) is 9.87. The minimum Gasteiger partial charge on any atom is -0.489 e. The Hall–Kier alpha value is -3.17. The molecule has 4 rings (SSSR count). The van der Waals surface area contributed by atoms with E-state index < -0.39 is 0 Å². The van der Waals surface area contributed by atoms with Crippen molar-refractivity contribution in [2.24, 2.45) is 0 Å². The summed E-state index contributed by atoms with van der Waals surface area (Å²) in [5.74, 6) is 0.611. The molecule has 0 aliphatic heterocycles. The van der Waals surface area contributed by atoms with Gasteiger partial charge >= 0.3 is 0 Å². The van der Waals surface area contributed by atoms with Gasteiger partial charge in [-0.2, -0.15) is 0 Å². The largest absolute Gasteiger partial charge is 0.489 e. The summed E-state index contributed by atoms with van der Waals surface area (Å²) in [6.45, 7) is 3.26. The molecule has 2 nitrogen and oxygen atoms in total. The summed E-state index contributed by atoms with van der Waals surface area (Å²) in [6.07, 6.45) is 0. The number of nitrogens with one attached hydrogen (secondary N) is 1. The Labute approximate surface area is 171 Å². The number of hydrogen-bond donors (Lipinski definition) is 1. The molecule has 0 aromatic heterocycles. The normalized spacial score (nSPS) is 12.1. The van der Waals surface area contributed by atoms with Crippen molar-refractivity contribution in [1.29, 1.82) is 0 Å². The lowest BCUT2D eigenvalue weighted by Gasteiger charge is -2.18. The van der Waals surface area contributed by atoms with Crippen molar-refractivity contribution in [3.8, 4) is 5.75 Å². The Morgan fingerprint density at radius 3 is 2.34 bits per heavy atom. The molecule has 29 heavy (non-hydrogen) atoms. The van der Waals surface area contributed by atoms with Gasteiger partial charge < -0.3 is 10.1 Å². The highest BCUT2D eigenvalue weighted by Gasteiger charge is 2.12. The van der Waals surface area contributed by atoms with Crippen molar-refractivity contribution < 1.29 is 9.13 Å². The van der Waals surface area contributed by atoms with Crippen molar-refractivity contribution in [2.75, 3.05) is 0 Å². The summed E-state index contributed by atoms with van der Waals surface area (Å²) >= 11 is 0. The molecule has 4 aromatic rings. The van der Waals surface area contributed by atoms with Gasteiger partial charge in [0.2, 0.25) is 0 Å². The zero-order chi connectivity index (χ0) is 20.1. The molecule has 3 heteroatoms. The second-order valence-electron chi connectivity index (χ2n) is 7.19. The van der Waals surface area contributed by atoms with Crippen molar-refractivity contribution in [3.05, 3.63) is 114 Å². The van der Waals surface area contributed by atoms with E-state index in [0.29, 0.717) is 13.2 Å². The number of rotatable bonds is 7. The van der Waals surface area contributed by atoms with Gasteiger partial charge in [-0.3, -0.25) is 0 Å². The molecule has 1 atom stereocenters. The molecule has 0 aliphatic carbocycles. The third kappa shape index (κ3) is 4.64. The lowest BCUT2D eigenvalue weighted by atomic mass is 10.0. The fraction of sp³-hybridized carbons (Fsp3) is 0.154. The van der Waals surface area contributed by atoms with Crippen molar-refractivity contribution >= 4 is 10.8 Å². The third-order valence-electron chi connectivity index (χ3n) is 5.19. The average molecular weight is 385 g/mol. The van der Waals surface area contributed by atoms with E-state index in [0.717, 1.165) is 16.9 Å². The first-order valence-electron chi connectivity index (χ1n) is 9.87. The zero-order valence-electron chi connectivity index (χ0n) is 16.4. The molecule has 0 amide bonds. The highest BCUT2D eigenvalue weighted by Crippen LogP contribution is 2.29. The quantitative estimate of drug-likeness (QED) is 0.397. The van der Waals surface area contributed by atoms with Gasteiger partial charge in [0.25, 0.3) is 0 Å². The Balaban J connectivity index is 1.57. The van der Waals surface area contributed by atoms with Crippen LogP contribution in [0, 0.1) is 5.82 Å². The molecule has 0 saturated heterocycles. The minimum absolute atomic E-state index is 0.222. The molecular formula is C26H24FNO. The molecule has 1 N–H and O–H groups in total. The number of fused-ring (bicyclic) bond motifs is 1. The van der Waals surface area contributed by atoms with Crippen molar-refractivity contribution in [3.63, 3.8) is 0 Å². The molecule has 0 bridgehead atoms. The van der Waals surface area contributed by atoms with Gasteiger partial charge in [-0.1, -0.05) is 72.8 Å². The van der Waals surface area contributed by atoms with Crippen LogP contribution in [0.2, 0.25) is 0 Å². The Kier molecular flexibility index (Phi) is 5.87.